The molecule has 0 atom stereocenters. The molecule has 0 bridgehead atoms. The van der Waals surface area contributed by atoms with Crippen LogP contribution in [0.2, 0.25) is 0 Å². The quantitative estimate of drug-likeness (QED) is 0.837. The Kier molecular flexibility index (Phi) is 4.47. The van der Waals surface area contributed by atoms with Gasteiger partial charge in [0, 0.05) is 12.1 Å². The van der Waals surface area contributed by atoms with Gasteiger partial charge in [-0.3, -0.25) is 0 Å². The fraction of sp³-hybridized carbons (Fsp3) is 0.467. The molecule has 1 rings (SSSR count). The first-order valence-electron chi connectivity index (χ1n) is 5.96. The zero-order chi connectivity index (χ0) is 13.1. The van der Waals surface area contributed by atoms with Crippen LogP contribution in [0.15, 0.2) is 23.8 Å². The van der Waals surface area contributed by atoms with Crippen LogP contribution in [-0.4, -0.2) is 12.1 Å². The Hall–Kier alpha value is -1.15. The number of hydrogen-bond donors (Lipinski definition) is 1. The van der Waals surface area contributed by atoms with E-state index in [4.69, 9.17) is 0 Å². The lowest BCUT2D eigenvalue weighted by molar-refractivity contribution is 0.445. The second-order valence-corrected chi connectivity index (χ2v) is 5.60. The predicted octanol–water partition coefficient (Wildman–Crippen LogP) is 3.93. The normalized spacial score (nSPS) is 12.9. The van der Waals surface area contributed by atoms with E-state index >= 15 is 0 Å². The van der Waals surface area contributed by atoms with Crippen LogP contribution in [0.5, 0.6) is 0 Å². The van der Waals surface area contributed by atoms with Gasteiger partial charge in [-0.05, 0) is 57.9 Å². The summed E-state index contributed by atoms with van der Waals surface area (Å²) in [6.45, 7) is 11.1. The molecule has 0 unspecified atom stereocenters. The van der Waals surface area contributed by atoms with Crippen molar-refractivity contribution in [3.8, 4) is 0 Å². The first-order chi connectivity index (χ1) is 7.78. The number of halogens is 1. The third kappa shape index (κ3) is 5.14. The zero-order valence-electron chi connectivity index (χ0n) is 11.4. The Morgan fingerprint density at radius 1 is 1.35 bits per heavy atom. The van der Waals surface area contributed by atoms with Crippen LogP contribution in [0.3, 0.4) is 0 Å². The maximum absolute atomic E-state index is 13.1. The van der Waals surface area contributed by atoms with Crippen molar-refractivity contribution in [2.75, 3.05) is 6.54 Å². The minimum absolute atomic E-state index is 0.119. The van der Waals surface area contributed by atoms with Crippen molar-refractivity contribution < 1.29 is 4.39 Å². The van der Waals surface area contributed by atoms with Gasteiger partial charge in [-0.25, -0.2) is 4.39 Å². The highest BCUT2D eigenvalue weighted by Crippen LogP contribution is 2.12. The molecule has 94 valence electrons. The molecule has 0 radical (unpaired) electrons. The number of rotatable bonds is 3. The van der Waals surface area contributed by atoms with Crippen molar-refractivity contribution in [3.05, 3.63) is 40.7 Å². The van der Waals surface area contributed by atoms with Gasteiger partial charge in [-0.2, -0.15) is 0 Å². The lowest BCUT2D eigenvalue weighted by Gasteiger charge is -2.20. The van der Waals surface area contributed by atoms with Gasteiger partial charge in [0.2, 0.25) is 0 Å². The van der Waals surface area contributed by atoms with E-state index in [9.17, 15) is 4.39 Å². The van der Waals surface area contributed by atoms with Gasteiger partial charge in [0.25, 0.3) is 0 Å². The Morgan fingerprint density at radius 3 is 2.53 bits per heavy atom. The van der Waals surface area contributed by atoms with Crippen molar-refractivity contribution in [1.82, 2.24) is 5.32 Å². The molecule has 17 heavy (non-hydrogen) atoms. The van der Waals surface area contributed by atoms with Gasteiger partial charge in [-0.1, -0.05) is 17.7 Å². The molecular weight excluding hydrogens is 213 g/mol. The minimum Gasteiger partial charge on any atom is -0.308 e. The highest BCUT2D eigenvalue weighted by molar-refractivity contribution is 5.53. The highest BCUT2D eigenvalue weighted by atomic mass is 19.1. The van der Waals surface area contributed by atoms with Crippen LogP contribution in [0.1, 0.15) is 38.8 Å². The topological polar surface area (TPSA) is 12.0 Å². The Labute approximate surface area is 104 Å². The van der Waals surface area contributed by atoms with Gasteiger partial charge in [0.15, 0.2) is 0 Å². The summed E-state index contributed by atoms with van der Waals surface area (Å²) in [5.41, 5.74) is 3.10. The summed E-state index contributed by atoms with van der Waals surface area (Å²) in [6.07, 6.45) is 2.09. The van der Waals surface area contributed by atoms with Gasteiger partial charge in [-0.15, -0.1) is 0 Å². The summed E-state index contributed by atoms with van der Waals surface area (Å²) in [4.78, 5) is 0. The van der Waals surface area contributed by atoms with Gasteiger partial charge >= 0.3 is 0 Å². The Balaban J connectivity index is 2.71. The molecule has 1 nitrogen and oxygen atoms in total. The maximum Gasteiger partial charge on any atom is 0.126 e. The fourth-order valence-corrected chi connectivity index (χ4v) is 1.50. The van der Waals surface area contributed by atoms with Crippen molar-refractivity contribution in [2.45, 2.75) is 40.2 Å². The van der Waals surface area contributed by atoms with Crippen molar-refractivity contribution >= 4 is 6.08 Å². The molecule has 0 saturated carbocycles. The molecule has 0 fully saturated rings. The summed E-state index contributed by atoms with van der Waals surface area (Å²) < 4.78 is 13.1. The van der Waals surface area contributed by atoms with Crippen LogP contribution in [-0.2, 0) is 0 Å². The van der Waals surface area contributed by atoms with Crippen molar-refractivity contribution in [1.29, 1.82) is 0 Å². The third-order valence-corrected chi connectivity index (χ3v) is 2.49. The number of nitrogens with one attached hydrogen (secondary N) is 1. The molecule has 0 aromatic heterocycles. The molecule has 0 amide bonds. The van der Waals surface area contributed by atoms with E-state index in [-0.39, 0.29) is 11.4 Å². The van der Waals surface area contributed by atoms with E-state index in [0.29, 0.717) is 5.56 Å². The first-order valence-corrected chi connectivity index (χ1v) is 5.96. The Morgan fingerprint density at radius 2 is 2.00 bits per heavy atom. The molecule has 1 aromatic rings. The monoisotopic (exact) mass is 235 g/mol. The van der Waals surface area contributed by atoms with E-state index in [1.54, 1.807) is 6.92 Å². The SMILES string of the molecule is CC(=Cc1ccc(F)c(C)c1)CNC(C)(C)C. The Bertz CT molecular complexity index is 413. The first kappa shape index (κ1) is 13.9. The summed E-state index contributed by atoms with van der Waals surface area (Å²) in [5, 5.41) is 3.43. The molecule has 2 heteroatoms. The van der Waals surface area contributed by atoms with E-state index in [1.165, 1.54) is 11.6 Å². The average molecular weight is 235 g/mol. The van der Waals surface area contributed by atoms with Gasteiger partial charge < -0.3 is 5.32 Å². The van der Waals surface area contributed by atoms with E-state index < -0.39 is 0 Å². The second kappa shape index (κ2) is 5.46. The van der Waals surface area contributed by atoms with Gasteiger partial charge in [0.1, 0.15) is 5.82 Å². The maximum atomic E-state index is 13.1. The van der Waals surface area contributed by atoms with Crippen LogP contribution in [0.25, 0.3) is 6.08 Å². The highest BCUT2D eigenvalue weighted by Gasteiger charge is 2.07. The number of benzene rings is 1. The zero-order valence-corrected chi connectivity index (χ0v) is 11.4. The minimum atomic E-state index is -0.146. The predicted molar refractivity (Wildman–Crippen MR) is 72.5 cm³/mol. The van der Waals surface area contributed by atoms with Crippen LogP contribution >= 0.6 is 0 Å². The van der Waals surface area contributed by atoms with E-state index in [0.717, 1.165) is 12.1 Å². The van der Waals surface area contributed by atoms with Crippen molar-refractivity contribution in [2.24, 2.45) is 0 Å². The number of hydrogen-bond acceptors (Lipinski definition) is 1. The fourth-order valence-electron chi connectivity index (χ4n) is 1.50. The average Bonchev–Trinajstić information content (AvgIpc) is 2.20. The molecule has 0 heterocycles. The second-order valence-electron chi connectivity index (χ2n) is 5.60. The van der Waals surface area contributed by atoms with E-state index in [2.05, 4.69) is 39.1 Å². The molecular formula is C15H22FN. The molecule has 0 aliphatic heterocycles. The molecule has 0 aliphatic rings. The van der Waals surface area contributed by atoms with Crippen LogP contribution < -0.4 is 5.32 Å². The summed E-state index contributed by atoms with van der Waals surface area (Å²) >= 11 is 0. The lowest BCUT2D eigenvalue weighted by Crippen LogP contribution is -2.36. The van der Waals surface area contributed by atoms with Crippen LogP contribution in [0.4, 0.5) is 4.39 Å². The largest absolute Gasteiger partial charge is 0.308 e. The molecule has 0 spiro atoms. The summed E-state index contributed by atoms with van der Waals surface area (Å²) in [6, 6.07) is 5.20. The standard InChI is InChI=1S/C15H22FN/c1-11(10-17-15(3,4)5)8-13-6-7-14(16)12(2)9-13/h6-9,17H,10H2,1-5H3. The lowest BCUT2D eigenvalue weighted by atomic mass is 10.1. The summed E-state index contributed by atoms with van der Waals surface area (Å²) in [7, 11) is 0. The molecule has 1 N–H and O–H groups in total. The van der Waals surface area contributed by atoms with Crippen molar-refractivity contribution in [3.63, 3.8) is 0 Å². The third-order valence-electron chi connectivity index (χ3n) is 2.49. The van der Waals surface area contributed by atoms with Gasteiger partial charge in [0.05, 0.1) is 0 Å². The van der Waals surface area contributed by atoms with E-state index in [1.807, 2.05) is 12.1 Å². The smallest absolute Gasteiger partial charge is 0.126 e. The molecule has 1 aromatic carbocycles. The van der Waals surface area contributed by atoms with Crippen LogP contribution in [0, 0.1) is 12.7 Å². The molecule has 0 aliphatic carbocycles. The molecule has 0 saturated heterocycles. The summed E-state index contributed by atoms with van der Waals surface area (Å²) in [5.74, 6) is -0.146. The number of aryl methyl sites for hydroxylation is 1.